The number of H-pyrrole nitrogens is 1. The molecule has 2 aromatic heterocycles. The van der Waals surface area contributed by atoms with E-state index < -0.39 is 0 Å². The predicted octanol–water partition coefficient (Wildman–Crippen LogP) is 3.89. The fraction of sp³-hybridized carbons (Fsp3) is 0.125. The molecule has 2 heterocycles. The average Bonchev–Trinajstić information content (AvgIpc) is 2.90. The molecule has 0 aliphatic heterocycles. The smallest absolute Gasteiger partial charge is 0.339 e. The van der Waals surface area contributed by atoms with E-state index in [1.54, 1.807) is 19.2 Å². The highest BCUT2D eigenvalue weighted by Gasteiger charge is 2.08. The summed E-state index contributed by atoms with van der Waals surface area (Å²) in [6, 6.07) is 13.7. The van der Waals surface area contributed by atoms with Gasteiger partial charge in [-0.15, -0.1) is 0 Å². The number of hydrogen-bond acceptors (Lipinski definition) is 4. The minimum atomic E-state index is -0.341. The van der Waals surface area contributed by atoms with Gasteiger partial charge in [-0.3, -0.25) is 0 Å². The number of carbonyl (C=O) groups is 1. The first-order valence-electron chi connectivity index (χ1n) is 6.65. The van der Waals surface area contributed by atoms with E-state index in [9.17, 15) is 4.79 Å². The molecule has 0 saturated carbocycles. The number of ether oxygens (including phenoxy) is 1. The van der Waals surface area contributed by atoms with Crippen LogP contribution in [0.1, 0.15) is 17.3 Å². The maximum absolute atomic E-state index is 11.6. The first-order valence-corrected chi connectivity index (χ1v) is 7.46. The van der Waals surface area contributed by atoms with Crippen LogP contribution in [0.25, 0.3) is 10.9 Å². The molecular weight excluding hydrogens is 284 g/mol. The third kappa shape index (κ3) is 3.08. The number of benzene rings is 1. The van der Waals surface area contributed by atoms with Crippen LogP contribution in [0.15, 0.2) is 58.7 Å². The van der Waals surface area contributed by atoms with E-state index in [2.05, 4.69) is 22.1 Å². The Labute approximate surface area is 126 Å². The largest absolute Gasteiger partial charge is 0.462 e. The van der Waals surface area contributed by atoms with Crippen LogP contribution < -0.4 is 0 Å². The topological polar surface area (TPSA) is 55.0 Å². The van der Waals surface area contributed by atoms with Gasteiger partial charge in [-0.1, -0.05) is 30.0 Å². The summed E-state index contributed by atoms with van der Waals surface area (Å²) in [5.74, 6) is -0.341. The van der Waals surface area contributed by atoms with Gasteiger partial charge in [0, 0.05) is 17.1 Å². The first-order chi connectivity index (χ1) is 10.3. The maximum atomic E-state index is 11.6. The number of aromatic nitrogens is 2. The van der Waals surface area contributed by atoms with E-state index in [1.807, 2.05) is 24.3 Å². The zero-order chi connectivity index (χ0) is 14.7. The van der Waals surface area contributed by atoms with Crippen LogP contribution in [0.2, 0.25) is 0 Å². The number of rotatable bonds is 4. The van der Waals surface area contributed by atoms with E-state index in [0.29, 0.717) is 12.2 Å². The zero-order valence-electron chi connectivity index (χ0n) is 11.5. The number of esters is 1. The van der Waals surface area contributed by atoms with Crippen LogP contribution in [0, 0.1) is 0 Å². The number of para-hydroxylation sites is 1. The molecule has 0 bridgehead atoms. The third-order valence-corrected chi connectivity index (χ3v) is 3.86. The number of pyridine rings is 1. The van der Waals surface area contributed by atoms with Gasteiger partial charge >= 0.3 is 5.97 Å². The second kappa shape index (κ2) is 6.01. The summed E-state index contributed by atoms with van der Waals surface area (Å²) in [4.78, 5) is 19.2. The SMILES string of the molecule is CCOC(=O)c1ccc(Sc2cc3ccccc3[nH]2)nc1. The van der Waals surface area contributed by atoms with Gasteiger partial charge in [-0.2, -0.15) is 0 Å². The Morgan fingerprint density at radius 1 is 1.29 bits per heavy atom. The van der Waals surface area contributed by atoms with Gasteiger partial charge in [0.05, 0.1) is 17.2 Å². The molecule has 0 unspecified atom stereocenters. The zero-order valence-corrected chi connectivity index (χ0v) is 12.3. The molecule has 0 spiro atoms. The van der Waals surface area contributed by atoms with Crippen LogP contribution in [-0.2, 0) is 4.74 Å². The molecule has 3 rings (SSSR count). The molecule has 0 aliphatic carbocycles. The van der Waals surface area contributed by atoms with Crippen LogP contribution in [-0.4, -0.2) is 22.5 Å². The van der Waals surface area contributed by atoms with Crippen molar-refractivity contribution in [1.82, 2.24) is 9.97 Å². The predicted molar refractivity (Wildman–Crippen MR) is 82.6 cm³/mol. The Balaban J connectivity index is 1.77. The molecule has 0 amide bonds. The Hall–Kier alpha value is -2.27. The molecule has 4 nitrogen and oxygen atoms in total. The maximum Gasteiger partial charge on any atom is 0.339 e. The van der Waals surface area contributed by atoms with E-state index in [-0.39, 0.29) is 5.97 Å². The minimum absolute atomic E-state index is 0.341. The number of hydrogen-bond donors (Lipinski definition) is 1. The molecule has 0 aliphatic rings. The van der Waals surface area contributed by atoms with Crippen molar-refractivity contribution in [2.24, 2.45) is 0 Å². The van der Waals surface area contributed by atoms with Crippen LogP contribution in [0.5, 0.6) is 0 Å². The number of fused-ring (bicyclic) bond motifs is 1. The van der Waals surface area contributed by atoms with Crippen LogP contribution in [0.3, 0.4) is 0 Å². The van der Waals surface area contributed by atoms with Crippen LogP contribution >= 0.6 is 11.8 Å². The summed E-state index contributed by atoms with van der Waals surface area (Å²) in [5.41, 5.74) is 1.57. The molecule has 0 saturated heterocycles. The van der Waals surface area contributed by atoms with Crippen molar-refractivity contribution in [2.75, 3.05) is 6.61 Å². The monoisotopic (exact) mass is 298 g/mol. The van der Waals surface area contributed by atoms with Crippen molar-refractivity contribution >= 4 is 28.6 Å². The number of nitrogens with one attached hydrogen (secondary N) is 1. The summed E-state index contributed by atoms with van der Waals surface area (Å²) in [5, 5.41) is 3.02. The Morgan fingerprint density at radius 2 is 2.14 bits per heavy atom. The highest BCUT2D eigenvalue weighted by Crippen LogP contribution is 2.28. The lowest BCUT2D eigenvalue weighted by Crippen LogP contribution is -2.04. The lowest BCUT2D eigenvalue weighted by Gasteiger charge is -2.02. The highest BCUT2D eigenvalue weighted by atomic mass is 32.2. The summed E-state index contributed by atoms with van der Waals surface area (Å²) in [7, 11) is 0. The fourth-order valence-corrected chi connectivity index (χ4v) is 2.80. The molecule has 1 aromatic carbocycles. The van der Waals surface area contributed by atoms with Gasteiger partial charge in [0.1, 0.15) is 5.03 Å². The Kier molecular flexibility index (Phi) is 3.92. The van der Waals surface area contributed by atoms with Crippen molar-refractivity contribution < 1.29 is 9.53 Å². The van der Waals surface area contributed by atoms with Gasteiger partial charge in [0.25, 0.3) is 0 Å². The second-order valence-corrected chi connectivity index (χ2v) is 5.49. The van der Waals surface area contributed by atoms with E-state index >= 15 is 0 Å². The van der Waals surface area contributed by atoms with Gasteiger partial charge in [-0.05, 0) is 31.2 Å². The number of nitrogens with zero attached hydrogens (tertiary/aromatic N) is 1. The molecule has 106 valence electrons. The van der Waals surface area contributed by atoms with Crippen molar-refractivity contribution in [3.63, 3.8) is 0 Å². The number of carbonyl (C=O) groups excluding carboxylic acids is 1. The molecule has 21 heavy (non-hydrogen) atoms. The standard InChI is InChI=1S/C16H14N2O2S/c1-2-20-16(19)12-7-8-14(17-10-12)21-15-9-11-5-3-4-6-13(11)18-15/h3-10,18H,2H2,1H3. The molecule has 3 aromatic rings. The minimum Gasteiger partial charge on any atom is -0.462 e. The van der Waals surface area contributed by atoms with Crippen molar-refractivity contribution in [3.8, 4) is 0 Å². The molecule has 0 radical (unpaired) electrons. The average molecular weight is 298 g/mol. The van der Waals surface area contributed by atoms with Crippen LogP contribution in [0.4, 0.5) is 0 Å². The van der Waals surface area contributed by atoms with E-state index in [4.69, 9.17) is 4.74 Å². The molecule has 1 N–H and O–H groups in total. The van der Waals surface area contributed by atoms with Gasteiger partial charge in [0.15, 0.2) is 0 Å². The Bertz CT molecular complexity index is 732. The summed E-state index contributed by atoms with van der Waals surface area (Å²) in [6.45, 7) is 2.15. The molecule has 5 heteroatoms. The summed E-state index contributed by atoms with van der Waals surface area (Å²) >= 11 is 1.53. The lowest BCUT2D eigenvalue weighted by atomic mass is 10.3. The molecular formula is C16H14N2O2S. The van der Waals surface area contributed by atoms with Crippen molar-refractivity contribution in [2.45, 2.75) is 17.0 Å². The third-order valence-electron chi connectivity index (χ3n) is 2.97. The molecule has 0 fully saturated rings. The molecule has 0 atom stereocenters. The highest BCUT2D eigenvalue weighted by molar-refractivity contribution is 7.99. The summed E-state index contributed by atoms with van der Waals surface area (Å²) in [6.07, 6.45) is 1.54. The van der Waals surface area contributed by atoms with Gasteiger partial charge in [0.2, 0.25) is 0 Å². The first kappa shape index (κ1) is 13.7. The summed E-state index contributed by atoms with van der Waals surface area (Å²) < 4.78 is 4.93. The fourth-order valence-electron chi connectivity index (χ4n) is 1.99. The lowest BCUT2D eigenvalue weighted by molar-refractivity contribution is 0.0525. The van der Waals surface area contributed by atoms with Gasteiger partial charge < -0.3 is 9.72 Å². The van der Waals surface area contributed by atoms with Gasteiger partial charge in [-0.25, -0.2) is 9.78 Å². The van der Waals surface area contributed by atoms with E-state index in [0.717, 1.165) is 15.6 Å². The van der Waals surface area contributed by atoms with Crippen molar-refractivity contribution in [1.29, 1.82) is 0 Å². The van der Waals surface area contributed by atoms with E-state index in [1.165, 1.54) is 17.1 Å². The number of aromatic amines is 1. The second-order valence-electron chi connectivity index (χ2n) is 4.43. The normalized spacial score (nSPS) is 10.7. The quantitative estimate of drug-likeness (QED) is 0.742. The Morgan fingerprint density at radius 3 is 2.86 bits per heavy atom. The van der Waals surface area contributed by atoms with Crippen molar-refractivity contribution in [3.05, 3.63) is 54.2 Å².